The minimum absolute atomic E-state index is 0.678. The Labute approximate surface area is 172 Å². The Morgan fingerprint density at radius 2 is 1.55 bits per heavy atom. The average Bonchev–Trinajstić information content (AvgIpc) is 2.99. The molecule has 0 fully saturated rings. The lowest BCUT2D eigenvalue weighted by atomic mass is 9.92. The molecule has 0 aromatic heterocycles. The van der Waals surface area contributed by atoms with Crippen molar-refractivity contribution in [1.82, 2.24) is 4.90 Å². The second-order valence-corrected chi connectivity index (χ2v) is 7.76. The summed E-state index contributed by atoms with van der Waals surface area (Å²) in [7, 11) is 4.33. The summed E-state index contributed by atoms with van der Waals surface area (Å²) in [5.74, 6) is -2.97. The zero-order valence-corrected chi connectivity index (χ0v) is 17.3. The number of allylic oxidation sites excluding steroid dienone is 2. The second kappa shape index (κ2) is 10.6. The van der Waals surface area contributed by atoms with E-state index >= 15 is 0 Å². The lowest BCUT2D eigenvalue weighted by molar-refractivity contribution is -0.159. The number of carboxylic acids is 2. The third-order valence-electron chi connectivity index (χ3n) is 4.85. The van der Waals surface area contributed by atoms with Crippen molar-refractivity contribution in [2.45, 2.75) is 26.2 Å². The Bertz CT molecular complexity index is 859. The summed E-state index contributed by atoms with van der Waals surface area (Å²) in [6.45, 7) is 3.51. The van der Waals surface area contributed by atoms with Crippen LogP contribution >= 0.6 is 0 Å². The highest BCUT2D eigenvalue weighted by Crippen LogP contribution is 2.38. The smallest absolute Gasteiger partial charge is 0.414 e. The SMILES string of the molecule is CC(CC1=C(Cc2ccccc2)Cc2ccccc21)CN(C)C.O=C(O)C(=O)O. The molecule has 0 amide bonds. The van der Waals surface area contributed by atoms with Crippen LogP contribution in [0.2, 0.25) is 0 Å². The number of fused-ring (bicyclic) bond motifs is 1. The van der Waals surface area contributed by atoms with Crippen molar-refractivity contribution in [3.05, 3.63) is 76.9 Å². The number of hydrogen-bond donors (Lipinski definition) is 2. The number of carbonyl (C=O) groups is 2. The fourth-order valence-corrected chi connectivity index (χ4v) is 3.80. The molecule has 1 aliphatic rings. The average molecular weight is 395 g/mol. The molecule has 0 bridgehead atoms. The van der Waals surface area contributed by atoms with Crippen LogP contribution in [0, 0.1) is 5.92 Å². The van der Waals surface area contributed by atoms with Gasteiger partial charge in [-0.25, -0.2) is 9.59 Å². The van der Waals surface area contributed by atoms with Crippen LogP contribution in [0.4, 0.5) is 0 Å². The standard InChI is InChI=1S/C22H27N.C2H2O4/c1-17(16-23(2)3)13-22-20(14-18-9-5-4-6-10-18)15-19-11-7-8-12-21(19)22;3-1(4)2(5)6/h4-12,17H,13-16H2,1-3H3;(H,3,4)(H,5,6). The molecule has 1 aliphatic carbocycles. The summed E-state index contributed by atoms with van der Waals surface area (Å²) in [6, 6.07) is 19.8. The molecular formula is C24H29NO4. The minimum Gasteiger partial charge on any atom is -0.473 e. The van der Waals surface area contributed by atoms with Crippen molar-refractivity contribution >= 4 is 17.5 Å². The van der Waals surface area contributed by atoms with Gasteiger partial charge in [0.25, 0.3) is 0 Å². The molecule has 0 aliphatic heterocycles. The van der Waals surface area contributed by atoms with E-state index in [1.54, 1.807) is 11.1 Å². The fourth-order valence-electron chi connectivity index (χ4n) is 3.80. The molecule has 1 atom stereocenters. The molecule has 5 heteroatoms. The predicted octanol–water partition coefficient (Wildman–Crippen LogP) is 3.98. The first-order valence-corrected chi connectivity index (χ1v) is 9.72. The topological polar surface area (TPSA) is 77.8 Å². The number of aliphatic carboxylic acids is 2. The van der Waals surface area contributed by atoms with Gasteiger partial charge in [0.2, 0.25) is 0 Å². The Kier molecular flexibility index (Phi) is 8.16. The van der Waals surface area contributed by atoms with Crippen LogP contribution in [-0.2, 0) is 22.4 Å². The molecule has 0 saturated heterocycles. The normalized spacial score (nSPS) is 13.5. The van der Waals surface area contributed by atoms with Gasteiger partial charge in [-0.2, -0.15) is 0 Å². The van der Waals surface area contributed by atoms with E-state index in [1.807, 2.05) is 0 Å². The maximum atomic E-state index is 9.10. The molecule has 0 spiro atoms. The van der Waals surface area contributed by atoms with Crippen LogP contribution < -0.4 is 0 Å². The highest BCUT2D eigenvalue weighted by atomic mass is 16.4. The largest absolute Gasteiger partial charge is 0.473 e. The van der Waals surface area contributed by atoms with Crippen LogP contribution in [0.25, 0.3) is 5.57 Å². The molecule has 2 N–H and O–H groups in total. The summed E-state index contributed by atoms with van der Waals surface area (Å²) in [6.07, 6.45) is 3.38. The Morgan fingerprint density at radius 3 is 2.14 bits per heavy atom. The molecule has 3 rings (SSSR count). The maximum absolute atomic E-state index is 9.10. The monoisotopic (exact) mass is 395 g/mol. The van der Waals surface area contributed by atoms with Crippen LogP contribution in [0.5, 0.6) is 0 Å². The second-order valence-electron chi connectivity index (χ2n) is 7.76. The van der Waals surface area contributed by atoms with E-state index in [9.17, 15) is 0 Å². The van der Waals surface area contributed by atoms with Gasteiger partial charge in [0.1, 0.15) is 0 Å². The third-order valence-corrected chi connectivity index (χ3v) is 4.85. The Hall–Kier alpha value is -2.92. The third kappa shape index (κ3) is 6.88. The van der Waals surface area contributed by atoms with Gasteiger partial charge in [0.15, 0.2) is 0 Å². The summed E-state index contributed by atoms with van der Waals surface area (Å²) >= 11 is 0. The molecule has 2 aromatic rings. The minimum atomic E-state index is -1.82. The van der Waals surface area contributed by atoms with Crippen LogP contribution in [0.15, 0.2) is 60.2 Å². The zero-order chi connectivity index (χ0) is 21.4. The first kappa shape index (κ1) is 22.4. The highest BCUT2D eigenvalue weighted by molar-refractivity contribution is 6.27. The van der Waals surface area contributed by atoms with Gasteiger partial charge in [0.05, 0.1) is 0 Å². The van der Waals surface area contributed by atoms with E-state index in [2.05, 4.69) is 80.5 Å². The lowest BCUT2D eigenvalue weighted by Gasteiger charge is -2.19. The molecule has 1 unspecified atom stereocenters. The van der Waals surface area contributed by atoms with E-state index in [1.165, 1.54) is 23.1 Å². The predicted molar refractivity (Wildman–Crippen MR) is 115 cm³/mol. The molecule has 0 heterocycles. The zero-order valence-electron chi connectivity index (χ0n) is 17.3. The summed E-state index contributed by atoms with van der Waals surface area (Å²) in [5.41, 5.74) is 7.63. The number of hydrogen-bond acceptors (Lipinski definition) is 3. The summed E-state index contributed by atoms with van der Waals surface area (Å²) in [4.78, 5) is 20.5. The Balaban J connectivity index is 0.000000438. The van der Waals surface area contributed by atoms with Crippen LogP contribution in [-0.4, -0.2) is 47.7 Å². The molecule has 154 valence electrons. The number of rotatable bonds is 6. The fraction of sp³-hybridized carbons (Fsp3) is 0.333. The van der Waals surface area contributed by atoms with Crippen molar-refractivity contribution in [3.63, 3.8) is 0 Å². The van der Waals surface area contributed by atoms with Crippen LogP contribution in [0.3, 0.4) is 0 Å². The number of nitrogens with zero attached hydrogens (tertiary/aromatic N) is 1. The van der Waals surface area contributed by atoms with Crippen molar-refractivity contribution in [2.24, 2.45) is 5.92 Å². The van der Waals surface area contributed by atoms with Crippen molar-refractivity contribution in [2.75, 3.05) is 20.6 Å². The summed E-state index contributed by atoms with van der Waals surface area (Å²) in [5, 5.41) is 14.8. The van der Waals surface area contributed by atoms with Gasteiger partial charge in [0, 0.05) is 6.54 Å². The summed E-state index contributed by atoms with van der Waals surface area (Å²) < 4.78 is 0. The van der Waals surface area contributed by atoms with Gasteiger partial charge < -0.3 is 15.1 Å². The van der Waals surface area contributed by atoms with Crippen molar-refractivity contribution in [3.8, 4) is 0 Å². The van der Waals surface area contributed by atoms with E-state index in [0.717, 1.165) is 19.4 Å². The van der Waals surface area contributed by atoms with E-state index in [-0.39, 0.29) is 0 Å². The molecule has 29 heavy (non-hydrogen) atoms. The molecule has 2 aromatic carbocycles. The first-order valence-electron chi connectivity index (χ1n) is 9.72. The van der Waals surface area contributed by atoms with Crippen molar-refractivity contribution in [1.29, 1.82) is 0 Å². The van der Waals surface area contributed by atoms with Gasteiger partial charge in [-0.1, -0.05) is 67.1 Å². The quantitative estimate of drug-likeness (QED) is 0.724. The van der Waals surface area contributed by atoms with Gasteiger partial charge in [-0.3, -0.25) is 0 Å². The Morgan fingerprint density at radius 1 is 0.966 bits per heavy atom. The van der Waals surface area contributed by atoms with Gasteiger partial charge in [-0.15, -0.1) is 0 Å². The van der Waals surface area contributed by atoms with E-state index in [0.29, 0.717) is 5.92 Å². The molecule has 5 nitrogen and oxygen atoms in total. The lowest BCUT2D eigenvalue weighted by Crippen LogP contribution is -2.20. The first-order chi connectivity index (χ1) is 13.8. The van der Waals surface area contributed by atoms with Crippen molar-refractivity contribution < 1.29 is 19.8 Å². The van der Waals surface area contributed by atoms with Gasteiger partial charge >= 0.3 is 11.9 Å². The van der Waals surface area contributed by atoms with Crippen LogP contribution in [0.1, 0.15) is 30.0 Å². The maximum Gasteiger partial charge on any atom is 0.414 e. The molecule has 0 saturated carbocycles. The number of benzene rings is 2. The molecule has 0 radical (unpaired) electrons. The van der Waals surface area contributed by atoms with Gasteiger partial charge in [-0.05, 0) is 61.5 Å². The van der Waals surface area contributed by atoms with E-state index in [4.69, 9.17) is 19.8 Å². The molecular weight excluding hydrogens is 366 g/mol. The number of carboxylic acid groups (broad SMARTS) is 2. The highest BCUT2D eigenvalue weighted by Gasteiger charge is 2.22. The van der Waals surface area contributed by atoms with E-state index < -0.39 is 11.9 Å².